The molecule has 0 aliphatic rings. The van der Waals surface area contributed by atoms with Crippen molar-refractivity contribution in [2.75, 3.05) is 11.1 Å². The number of nitrogens with one attached hydrogen (secondary N) is 1. The first-order valence-electron chi connectivity index (χ1n) is 7.81. The summed E-state index contributed by atoms with van der Waals surface area (Å²) in [6.07, 6.45) is 0. The third kappa shape index (κ3) is 4.21. The van der Waals surface area contributed by atoms with Gasteiger partial charge in [-0.1, -0.05) is 30.0 Å². The van der Waals surface area contributed by atoms with Crippen LogP contribution in [0.2, 0.25) is 0 Å². The molecule has 2 heterocycles. The van der Waals surface area contributed by atoms with Crippen LogP contribution in [-0.4, -0.2) is 35.2 Å². The molecule has 0 saturated carbocycles. The van der Waals surface area contributed by atoms with Crippen LogP contribution in [0, 0.1) is 0 Å². The van der Waals surface area contributed by atoms with Crippen LogP contribution in [0.25, 0.3) is 0 Å². The quantitative estimate of drug-likeness (QED) is 0.641. The van der Waals surface area contributed by atoms with Gasteiger partial charge in [-0.15, -0.1) is 5.10 Å². The Hall–Kier alpha value is -2.75. The molecule has 25 heavy (non-hydrogen) atoms. The summed E-state index contributed by atoms with van der Waals surface area (Å²) in [6, 6.07) is 9.82. The van der Waals surface area contributed by atoms with Crippen LogP contribution in [0.3, 0.4) is 0 Å². The maximum Gasteiger partial charge on any atom is 0.232 e. The predicted octanol–water partition coefficient (Wildman–Crippen LogP) is 2.62. The third-order valence-electron chi connectivity index (χ3n) is 3.30. The molecule has 1 atom stereocenters. The fraction of sp³-hybridized carbons (Fsp3) is 0.333. The second-order valence-corrected chi connectivity index (χ2v) is 6.93. The molecule has 0 unspecified atom stereocenters. The van der Waals surface area contributed by atoms with Crippen molar-refractivity contribution in [3.05, 3.63) is 36.2 Å². The third-order valence-corrected chi connectivity index (χ3v) is 4.34. The van der Waals surface area contributed by atoms with E-state index in [1.165, 1.54) is 11.8 Å². The lowest BCUT2D eigenvalue weighted by atomic mass is 10.3. The second kappa shape index (κ2) is 7.43. The predicted molar refractivity (Wildman–Crippen MR) is 96.4 cm³/mol. The van der Waals surface area contributed by atoms with Gasteiger partial charge in [0.25, 0.3) is 0 Å². The van der Waals surface area contributed by atoms with Crippen LogP contribution in [0.4, 0.5) is 17.6 Å². The Morgan fingerprint density at radius 3 is 2.56 bits per heavy atom. The monoisotopic (exact) mass is 357 g/mol. The average Bonchev–Trinajstić information content (AvgIpc) is 3.03. The largest absolute Gasteiger partial charge is 0.368 e. The maximum absolute atomic E-state index is 5.85. The van der Waals surface area contributed by atoms with E-state index >= 15 is 0 Å². The molecule has 0 saturated heterocycles. The van der Waals surface area contributed by atoms with Crippen molar-refractivity contribution in [3.63, 3.8) is 0 Å². The van der Waals surface area contributed by atoms with E-state index in [1.807, 2.05) is 51.1 Å². The van der Waals surface area contributed by atoms with E-state index in [2.05, 4.69) is 35.8 Å². The minimum absolute atomic E-state index is 0.0925. The van der Waals surface area contributed by atoms with Crippen molar-refractivity contribution in [2.45, 2.75) is 37.2 Å². The molecule has 3 rings (SSSR count). The highest BCUT2D eigenvalue weighted by Crippen LogP contribution is 2.32. The average molecular weight is 357 g/mol. The number of nitrogens with zero attached hydrogens (tertiary/aromatic N) is 7. The lowest BCUT2D eigenvalue weighted by molar-refractivity contribution is 0.476. The number of nitrogen functional groups attached to an aromatic ring is 1. The van der Waals surface area contributed by atoms with Gasteiger partial charge in [-0.25, -0.2) is 4.68 Å². The highest BCUT2D eigenvalue weighted by atomic mass is 32.2. The van der Waals surface area contributed by atoms with Gasteiger partial charge in [0.1, 0.15) is 5.82 Å². The van der Waals surface area contributed by atoms with Crippen LogP contribution in [0.1, 0.15) is 37.9 Å². The molecule has 9 nitrogen and oxygen atoms in total. The highest BCUT2D eigenvalue weighted by Gasteiger charge is 2.18. The number of hydrogen-bond acceptors (Lipinski definition) is 9. The van der Waals surface area contributed by atoms with E-state index in [0.717, 1.165) is 5.69 Å². The van der Waals surface area contributed by atoms with E-state index in [9.17, 15) is 0 Å². The summed E-state index contributed by atoms with van der Waals surface area (Å²) in [5.74, 6) is 1.14. The number of anilines is 3. The first-order valence-corrected chi connectivity index (χ1v) is 8.69. The molecular weight excluding hydrogens is 338 g/mol. The van der Waals surface area contributed by atoms with E-state index in [0.29, 0.717) is 16.9 Å². The van der Waals surface area contributed by atoms with Crippen LogP contribution < -0.4 is 11.1 Å². The molecule has 0 spiro atoms. The highest BCUT2D eigenvalue weighted by molar-refractivity contribution is 7.99. The van der Waals surface area contributed by atoms with E-state index in [4.69, 9.17) is 5.73 Å². The minimum Gasteiger partial charge on any atom is -0.368 e. The van der Waals surface area contributed by atoms with Crippen molar-refractivity contribution >= 4 is 29.3 Å². The molecule has 0 bridgehead atoms. The van der Waals surface area contributed by atoms with Gasteiger partial charge in [0.05, 0.1) is 11.3 Å². The van der Waals surface area contributed by atoms with Crippen LogP contribution in [0.5, 0.6) is 0 Å². The Bertz CT molecular complexity index is 834. The van der Waals surface area contributed by atoms with Gasteiger partial charge < -0.3 is 11.1 Å². The lowest BCUT2D eigenvalue weighted by Gasteiger charge is -2.13. The van der Waals surface area contributed by atoms with Crippen LogP contribution >= 0.6 is 11.8 Å². The van der Waals surface area contributed by atoms with Gasteiger partial charge in [0, 0.05) is 5.69 Å². The van der Waals surface area contributed by atoms with Gasteiger partial charge in [-0.2, -0.15) is 15.0 Å². The van der Waals surface area contributed by atoms with Crippen molar-refractivity contribution in [3.8, 4) is 0 Å². The Labute approximate surface area is 149 Å². The van der Waals surface area contributed by atoms with Crippen LogP contribution in [-0.2, 0) is 0 Å². The first kappa shape index (κ1) is 17.1. The fourth-order valence-corrected chi connectivity index (χ4v) is 3.06. The normalized spacial score (nSPS) is 12.3. The number of tetrazole rings is 1. The SMILES string of the molecule is CC(C)n1nnnc1S[C@H](C)c1nc(N)nc(Nc2ccccc2)n1. The maximum atomic E-state index is 5.85. The molecule has 0 aliphatic heterocycles. The standard InChI is InChI=1S/C15H19N9S/c1-9(2)24-15(21-22-23-24)25-10(3)12-18-13(16)20-14(19-12)17-11-7-5-4-6-8-11/h4-10H,1-3H3,(H3,16,17,18,19,20)/t10-/m1/s1. The molecular formula is C15H19N9S. The first-order chi connectivity index (χ1) is 12.0. The number of benzene rings is 1. The molecule has 2 aromatic heterocycles. The molecule has 3 N–H and O–H groups in total. The molecule has 10 heteroatoms. The molecule has 3 aromatic rings. The zero-order chi connectivity index (χ0) is 17.8. The Kier molecular flexibility index (Phi) is 5.08. The van der Waals surface area contributed by atoms with Gasteiger partial charge in [0.15, 0.2) is 0 Å². The summed E-state index contributed by atoms with van der Waals surface area (Å²) in [5, 5.41) is 15.5. The zero-order valence-electron chi connectivity index (χ0n) is 14.2. The summed E-state index contributed by atoms with van der Waals surface area (Å²) in [5.41, 5.74) is 6.72. The number of thioether (sulfide) groups is 1. The zero-order valence-corrected chi connectivity index (χ0v) is 15.0. The Morgan fingerprint density at radius 1 is 1.08 bits per heavy atom. The van der Waals surface area contributed by atoms with Gasteiger partial charge in [0.2, 0.25) is 17.1 Å². The van der Waals surface area contributed by atoms with Crippen molar-refractivity contribution < 1.29 is 0 Å². The topological polar surface area (TPSA) is 120 Å². The smallest absolute Gasteiger partial charge is 0.232 e. The molecule has 0 fully saturated rings. The molecule has 0 aliphatic carbocycles. The van der Waals surface area contributed by atoms with Crippen molar-refractivity contribution in [2.24, 2.45) is 0 Å². The molecule has 1 aromatic carbocycles. The Balaban J connectivity index is 1.80. The molecule has 130 valence electrons. The lowest BCUT2D eigenvalue weighted by Crippen LogP contribution is -2.09. The number of hydrogen-bond donors (Lipinski definition) is 2. The summed E-state index contributed by atoms with van der Waals surface area (Å²) in [6.45, 7) is 6.02. The van der Waals surface area contributed by atoms with Crippen LogP contribution in [0.15, 0.2) is 35.5 Å². The fourth-order valence-electron chi connectivity index (χ4n) is 2.10. The summed E-state index contributed by atoms with van der Waals surface area (Å²) in [7, 11) is 0. The van der Waals surface area contributed by atoms with Crippen molar-refractivity contribution in [1.29, 1.82) is 0 Å². The number of aromatic nitrogens is 7. The summed E-state index contributed by atoms with van der Waals surface area (Å²) in [4.78, 5) is 12.9. The van der Waals surface area contributed by atoms with Gasteiger partial charge in [-0.05, 0) is 43.3 Å². The summed E-state index contributed by atoms with van der Waals surface area (Å²) < 4.78 is 1.76. The second-order valence-electron chi connectivity index (χ2n) is 5.63. The van der Waals surface area contributed by atoms with Crippen molar-refractivity contribution in [1.82, 2.24) is 35.2 Å². The van der Waals surface area contributed by atoms with E-state index in [1.54, 1.807) is 4.68 Å². The summed E-state index contributed by atoms with van der Waals surface area (Å²) >= 11 is 1.47. The van der Waals surface area contributed by atoms with E-state index in [-0.39, 0.29) is 17.2 Å². The Morgan fingerprint density at radius 2 is 1.84 bits per heavy atom. The molecule has 0 amide bonds. The molecule has 0 radical (unpaired) electrons. The number of nitrogens with two attached hydrogens (primary N) is 1. The van der Waals surface area contributed by atoms with Gasteiger partial charge >= 0.3 is 0 Å². The number of rotatable bonds is 6. The minimum atomic E-state index is -0.0925. The number of para-hydroxylation sites is 1. The van der Waals surface area contributed by atoms with Gasteiger partial charge in [-0.3, -0.25) is 0 Å². The van der Waals surface area contributed by atoms with E-state index < -0.39 is 0 Å².